The molecule has 3 heterocycles. The van der Waals surface area contributed by atoms with E-state index in [0.29, 0.717) is 0 Å². The molecule has 0 fully saturated rings. The van der Waals surface area contributed by atoms with Gasteiger partial charge < -0.3 is 9.13 Å². The van der Waals surface area contributed by atoms with Gasteiger partial charge in [-0.05, 0) is 91.2 Å². The molecule has 0 bridgehead atoms. The predicted molar refractivity (Wildman–Crippen MR) is 235 cm³/mol. The maximum absolute atomic E-state index is 2.66. The first-order valence-electron chi connectivity index (χ1n) is 19.1. The van der Waals surface area contributed by atoms with Crippen LogP contribution >= 0.6 is 0 Å². The average Bonchev–Trinajstić information content (AvgIpc) is 3.88. The standard InChI is InChI=1S/C52H34N2Si/c1-3-17-39(18-4-1)55(40-19-5-2-6-20-40)49-26-14-11-21-41(49)42-30-29-38(34-50(42)55)54-46-25-13-10-23-44(46)52-48(54)32-31-47-51(52)43-22-9-12-24-45(43)53(47)37-28-27-35-15-7-8-16-36(35)33-37/h1-34H. The first kappa shape index (κ1) is 30.5. The van der Waals surface area contributed by atoms with Crippen molar-refractivity contribution in [3.05, 3.63) is 206 Å². The van der Waals surface area contributed by atoms with Gasteiger partial charge in [-0.2, -0.15) is 0 Å². The van der Waals surface area contributed by atoms with E-state index in [1.165, 1.54) is 97.6 Å². The van der Waals surface area contributed by atoms with Gasteiger partial charge in [-0.25, -0.2) is 0 Å². The Hall–Kier alpha value is -6.94. The second kappa shape index (κ2) is 11.5. The summed E-state index contributed by atoms with van der Waals surface area (Å²) in [6, 6.07) is 77.1. The molecule has 1 aliphatic rings. The molecule has 3 heteroatoms. The van der Waals surface area contributed by atoms with Crippen molar-refractivity contribution in [2.45, 2.75) is 0 Å². The van der Waals surface area contributed by atoms with Crippen LogP contribution in [0.25, 0.3) is 76.9 Å². The zero-order valence-electron chi connectivity index (χ0n) is 30.0. The highest BCUT2D eigenvalue weighted by Crippen LogP contribution is 2.43. The Kier molecular flexibility index (Phi) is 6.39. The van der Waals surface area contributed by atoms with E-state index >= 15 is 0 Å². The Balaban J connectivity index is 1.17. The summed E-state index contributed by atoms with van der Waals surface area (Å²) in [6.07, 6.45) is 0. The smallest absolute Gasteiger partial charge is 0.180 e. The molecule has 11 aromatic rings. The zero-order valence-corrected chi connectivity index (χ0v) is 31.0. The molecule has 0 spiro atoms. The minimum Gasteiger partial charge on any atom is -0.309 e. The van der Waals surface area contributed by atoms with E-state index < -0.39 is 8.07 Å². The quantitative estimate of drug-likeness (QED) is 0.161. The van der Waals surface area contributed by atoms with E-state index in [0.717, 1.165) is 0 Å². The van der Waals surface area contributed by atoms with E-state index in [9.17, 15) is 0 Å². The molecule has 55 heavy (non-hydrogen) atoms. The van der Waals surface area contributed by atoms with Crippen LogP contribution in [0.5, 0.6) is 0 Å². The summed E-state index contributed by atoms with van der Waals surface area (Å²) >= 11 is 0. The number of nitrogens with zero attached hydrogens (tertiary/aromatic N) is 2. The molecule has 0 saturated heterocycles. The van der Waals surface area contributed by atoms with Gasteiger partial charge in [0.05, 0.1) is 22.1 Å². The summed E-state index contributed by atoms with van der Waals surface area (Å²) in [5.74, 6) is 0. The topological polar surface area (TPSA) is 9.86 Å². The third-order valence-corrected chi connectivity index (χ3v) is 17.0. The van der Waals surface area contributed by atoms with Crippen LogP contribution in [0, 0.1) is 0 Å². The summed E-state index contributed by atoms with van der Waals surface area (Å²) in [4.78, 5) is 0. The lowest BCUT2D eigenvalue weighted by molar-refractivity contribution is 1.18. The maximum atomic E-state index is 2.54. The van der Waals surface area contributed by atoms with Crippen LogP contribution in [-0.2, 0) is 0 Å². The zero-order chi connectivity index (χ0) is 36.1. The molecule has 0 aliphatic carbocycles. The molecule has 0 unspecified atom stereocenters. The molecular weight excluding hydrogens is 681 g/mol. The third kappa shape index (κ3) is 4.13. The molecule has 9 aromatic carbocycles. The molecule has 0 saturated carbocycles. The fraction of sp³-hybridized carbons (Fsp3) is 0. The van der Waals surface area contributed by atoms with Gasteiger partial charge in [0.15, 0.2) is 8.07 Å². The summed E-state index contributed by atoms with van der Waals surface area (Å²) < 4.78 is 4.97. The van der Waals surface area contributed by atoms with Crippen molar-refractivity contribution >= 4 is 83.2 Å². The maximum Gasteiger partial charge on any atom is 0.180 e. The number of benzene rings is 9. The van der Waals surface area contributed by atoms with E-state index in [1.54, 1.807) is 0 Å². The van der Waals surface area contributed by atoms with Crippen LogP contribution in [0.1, 0.15) is 0 Å². The Morgan fingerprint density at radius 3 is 1.45 bits per heavy atom. The van der Waals surface area contributed by atoms with Crippen LogP contribution in [-0.4, -0.2) is 17.2 Å². The molecule has 0 radical (unpaired) electrons. The lowest BCUT2D eigenvalue weighted by Crippen LogP contribution is -2.72. The van der Waals surface area contributed by atoms with Crippen molar-refractivity contribution < 1.29 is 0 Å². The fourth-order valence-corrected chi connectivity index (χ4v) is 15.2. The second-order valence-corrected chi connectivity index (χ2v) is 18.6. The SMILES string of the molecule is c1ccc([Si]2(c3ccccc3)c3ccccc3-c3ccc(-n4c5ccccc5c5c6c7ccccc7n(-c7ccc8ccccc8c7)c6ccc54)cc32)cc1. The van der Waals surface area contributed by atoms with Crippen molar-refractivity contribution in [2.24, 2.45) is 0 Å². The Morgan fingerprint density at radius 2 is 0.800 bits per heavy atom. The summed E-state index contributed by atoms with van der Waals surface area (Å²) in [6.45, 7) is 0. The van der Waals surface area contributed by atoms with E-state index in [1.807, 2.05) is 0 Å². The number of para-hydroxylation sites is 2. The van der Waals surface area contributed by atoms with Crippen molar-refractivity contribution in [1.82, 2.24) is 9.13 Å². The van der Waals surface area contributed by atoms with Crippen LogP contribution in [0.2, 0.25) is 0 Å². The second-order valence-electron chi connectivity index (χ2n) is 14.8. The molecule has 2 nitrogen and oxygen atoms in total. The number of rotatable bonds is 4. The Bertz CT molecular complexity index is 3280. The minimum atomic E-state index is -2.66. The molecule has 0 atom stereocenters. The highest BCUT2D eigenvalue weighted by Gasteiger charge is 2.48. The number of fused-ring (bicyclic) bond motifs is 11. The lowest BCUT2D eigenvalue weighted by atomic mass is 10.1. The number of hydrogen-bond donors (Lipinski definition) is 0. The molecule has 0 N–H and O–H groups in total. The Morgan fingerprint density at radius 1 is 0.309 bits per heavy atom. The molecule has 1 aliphatic heterocycles. The van der Waals surface area contributed by atoms with E-state index in [-0.39, 0.29) is 0 Å². The number of aromatic nitrogens is 2. The van der Waals surface area contributed by atoms with E-state index in [4.69, 9.17) is 0 Å². The first-order valence-corrected chi connectivity index (χ1v) is 21.1. The monoisotopic (exact) mass is 714 g/mol. The molecule has 0 amide bonds. The van der Waals surface area contributed by atoms with Crippen molar-refractivity contribution in [3.8, 4) is 22.5 Å². The summed E-state index contributed by atoms with van der Waals surface area (Å²) in [5.41, 5.74) is 9.94. The van der Waals surface area contributed by atoms with Gasteiger partial charge in [-0.1, -0.05) is 158 Å². The summed E-state index contributed by atoms with van der Waals surface area (Å²) in [7, 11) is -2.66. The van der Waals surface area contributed by atoms with Crippen LogP contribution in [0.3, 0.4) is 0 Å². The van der Waals surface area contributed by atoms with Crippen LogP contribution in [0.15, 0.2) is 206 Å². The average molecular weight is 715 g/mol. The molecule has 12 rings (SSSR count). The van der Waals surface area contributed by atoms with Crippen molar-refractivity contribution in [3.63, 3.8) is 0 Å². The summed E-state index contributed by atoms with van der Waals surface area (Å²) in [5, 5.41) is 13.4. The highest BCUT2D eigenvalue weighted by atomic mass is 28.3. The normalized spacial score (nSPS) is 13.2. The molecular formula is C52H34N2Si. The van der Waals surface area contributed by atoms with Gasteiger partial charge in [0.1, 0.15) is 0 Å². The van der Waals surface area contributed by atoms with Crippen molar-refractivity contribution in [1.29, 1.82) is 0 Å². The van der Waals surface area contributed by atoms with E-state index in [2.05, 4.69) is 215 Å². The fourth-order valence-electron chi connectivity index (χ4n) is 9.96. The van der Waals surface area contributed by atoms with Crippen LogP contribution in [0.4, 0.5) is 0 Å². The largest absolute Gasteiger partial charge is 0.309 e. The third-order valence-electron chi connectivity index (χ3n) is 12.2. The van der Waals surface area contributed by atoms with Crippen LogP contribution < -0.4 is 20.7 Å². The van der Waals surface area contributed by atoms with Gasteiger partial charge in [-0.15, -0.1) is 0 Å². The van der Waals surface area contributed by atoms with Gasteiger partial charge in [-0.3, -0.25) is 0 Å². The highest BCUT2D eigenvalue weighted by molar-refractivity contribution is 7.22. The lowest BCUT2D eigenvalue weighted by Gasteiger charge is -2.31. The van der Waals surface area contributed by atoms with Crippen molar-refractivity contribution in [2.75, 3.05) is 0 Å². The predicted octanol–water partition coefficient (Wildman–Crippen LogP) is 10.4. The minimum absolute atomic E-state index is 1.18. The van der Waals surface area contributed by atoms with Gasteiger partial charge in [0.2, 0.25) is 0 Å². The Labute approximate surface area is 319 Å². The van der Waals surface area contributed by atoms with Gasteiger partial charge >= 0.3 is 0 Å². The van der Waals surface area contributed by atoms with Gasteiger partial charge in [0, 0.05) is 32.9 Å². The molecule has 256 valence electrons. The molecule has 2 aromatic heterocycles. The van der Waals surface area contributed by atoms with Gasteiger partial charge in [0.25, 0.3) is 0 Å². The number of hydrogen-bond acceptors (Lipinski definition) is 0. The first-order chi connectivity index (χ1) is 27.3.